The molecule has 0 aliphatic carbocycles. The van der Waals surface area contributed by atoms with Gasteiger partial charge in [0.1, 0.15) is 11.3 Å². The fourth-order valence-electron chi connectivity index (χ4n) is 7.75. The van der Waals surface area contributed by atoms with Gasteiger partial charge in [0.25, 0.3) is 0 Å². The number of hydrogen-bond donors (Lipinski definition) is 0. The molecule has 1 heterocycles. The molecule has 0 bridgehead atoms. The lowest BCUT2D eigenvalue weighted by Gasteiger charge is -2.17. The Bertz CT molecular complexity index is 2790. The van der Waals surface area contributed by atoms with E-state index < -0.39 is 0 Å². The molecule has 0 amide bonds. The van der Waals surface area contributed by atoms with E-state index >= 15 is 0 Å². The van der Waals surface area contributed by atoms with Gasteiger partial charge in [-0.2, -0.15) is 0 Å². The van der Waals surface area contributed by atoms with Crippen LogP contribution in [0.1, 0.15) is 0 Å². The van der Waals surface area contributed by atoms with Crippen molar-refractivity contribution in [3.63, 3.8) is 0 Å². The van der Waals surface area contributed by atoms with Crippen molar-refractivity contribution in [2.45, 2.75) is 0 Å². The van der Waals surface area contributed by atoms with Gasteiger partial charge in [0.15, 0.2) is 0 Å². The van der Waals surface area contributed by atoms with E-state index in [9.17, 15) is 0 Å². The van der Waals surface area contributed by atoms with Crippen LogP contribution in [0.3, 0.4) is 0 Å². The Kier molecular flexibility index (Phi) is 6.25. The summed E-state index contributed by atoms with van der Waals surface area (Å²) in [5.41, 5.74) is 11.5. The zero-order chi connectivity index (χ0) is 32.3. The predicted octanol–water partition coefficient (Wildman–Crippen LogP) is 13.7. The van der Waals surface area contributed by atoms with Crippen LogP contribution in [0.25, 0.3) is 99.1 Å². The van der Waals surface area contributed by atoms with Gasteiger partial charge < -0.3 is 4.42 Å². The van der Waals surface area contributed by atoms with E-state index in [2.05, 4.69) is 176 Å². The van der Waals surface area contributed by atoms with Crippen LogP contribution in [0.5, 0.6) is 0 Å². The molecule has 10 aromatic rings. The molecule has 0 aliphatic rings. The predicted molar refractivity (Wildman–Crippen MR) is 207 cm³/mol. The number of fused-ring (bicyclic) bond motifs is 1. The van der Waals surface area contributed by atoms with Crippen LogP contribution in [0, 0.1) is 0 Å². The highest BCUT2D eigenvalue weighted by atomic mass is 16.3. The molecule has 0 fully saturated rings. The maximum absolute atomic E-state index is 6.68. The third-order valence-corrected chi connectivity index (χ3v) is 10.1. The quantitative estimate of drug-likeness (QED) is 0.174. The molecule has 228 valence electrons. The summed E-state index contributed by atoms with van der Waals surface area (Å²) in [5, 5.41) is 8.84. The maximum atomic E-state index is 6.68. The molecule has 0 atom stereocenters. The van der Waals surface area contributed by atoms with Crippen LogP contribution in [0.15, 0.2) is 186 Å². The topological polar surface area (TPSA) is 13.1 Å². The molecule has 1 heteroatoms. The van der Waals surface area contributed by atoms with Gasteiger partial charge in [0.05, 0.1) is 0 Å². The first-order valence-electron chi connectivity index (χ1n) is 16.8. The summed E-state index contributed by atoms with van der Waals surface area (Å²) in [5.74, 6) is 0.890. The molecular formula is C48H30O. The number of hydrogen-bond acceptors (Lipinski definition) is 1. The minimum absolute atomic E-state index is 0.890. The Balaban J connectivity index is 1.14. The molecule has 0 saturated carbocycles. The largest absolute Gasteiger partial charge is 0.455 e. The van der Waals surface area contributed by atoms with E-state index in [4.69, 9.17) is 4.42 Å². The van der Waals surface area contributed by atoms with Crippen molar-refractivity contribution >= 4 is 43.3 Å². The Morgan fingerprint density at radius 1 is 0.306 bits per heavy atom. The summed E-state index contributed by atoms with van der Waals surface area (Å²) in [6, 6.07) is 65.6. The molecule has 0 spiro atoms. The van der Waals surface area contributed by atoms with Crippen molar-refractivity contribution in [2.24, 2.45) is 0 Å². The van der Waals surface area contributed by atoms with Gasteiger partial charge in [0, 0.05) is 16.5 Å². The lowest BCUT2D eigenvalue weighted by Crippen LogP contribution is -1.90. The van der Waals surface area contributed by atoms with Gasteiger partial charge in [-0.3, -0.25) is 0 Å². The normalized spacial score (nSPS) is 11.7. The first kappa shape index (κ1) is 27.7. The van der Waals surface area contributed by atoms with Gasteiger partial charge >= 0.3 is 0 Å². The van der Waals surface area contributed by atoms with Crippen LogP contribution < -0.4 is 0 Å². The lowest BCUT2D eigenvalue weighted by molar-refractivity contribution is 0.632. The highest BCUT2D eigenvalue weighted by Crippen LogP contribution is 2.45. The Morgan fingerprint density at radius 2 is 0.816 bits per heavy atom. The van der Waals surface area contributed by atoms with Crippen molar-refractivity contribution in [1.82, 2.24) is 0 Å². The molecule has 0 saturated heterocycles. The minimum Gasteiger partial charge on any atom is -0.455 e. The molecule has 9 aromatic carbocycles. The van der Waals surface area contributed by atoms with E-state index in [1.165, 1.54) is 65.7 Å². The molecule has 1 aromatic heterocycles. The second kappa shape index (κ2) is 11.1. The fourth-order valence-corrected chi connectivity index (χ4v) is 7.75. The first-order valence-corrected chi connectivity index (χ1v) is 16.8. The van der Waals surface area contributed by atoms with Crippen molar-refractivity contribution in [2.75, 3.05) is 0 Å². The number of rotatable bonds is 5. The summed E-state index contributed by atoms with van der Waals surface area (Å²) in [6.45, 7) is 0. The second-order valence-corrected chi connectivity index (χ2v) is 12.8. The van der Waals surface area contributed by atoms with E-state index in [0.29, 0.717) is 0 Å². The molecule has 1 nitrogen and oxygen atoms in total. The monoisotopic (exact) mass is 622 g/mol. The summed E-state index contributed by atoms with van der Waals surface area (Å²) in [7, 11) is 0. The SMILES string of the molecule is c1ccc(-c2ccc(-c3c(-c4cccc(-c5ccc6ccc7c(-c8ccccc8)ccc8ccc5c6c87)c4)oc4ccccc34)cc2)cc1. The third kappa shape index (κ3) is 4.47. The zero-order valence-corrected chi connectivity index (χ0v) is 26.7. The van der Waals surface area contributed by atoms with Crippen LogP contribution in [0.4, 0.5) is 0 Å². The number of para-hydroxylation sites is 1. The smallest absolute Gasteiger partial charge is 0.143 e. The number of furan rings is 1. The lowest BCUT2D eigenvalue weighted by atomic mass is 9.87. The zero-order valence-electron chi connectivity index (χ0n) is 26.7. The average Bonchev–Trinajstić information content (AvgIpc) is 3.57. The van der Waals surface area contributed by atoms with Gasteiger partial charge in [0.2, 0.25) is 0 Å². The van der Waals surface area contributed by atoms with Crippen molar-refractivity contribution in [3.8, 4) is 55.8 Å². The Hall–Kier alpha value is -6.44. The third-order valence-electron chi connectivity index (χ3n) is 10.1. The van der Waals surface area contributed by atoms with Gasteiger partial charge in [-0.15, -0.1) is 0 Å². The van der Waals surface area contributed by atoms with E-state index in [1.54, 1.807) is 0 Å². The molecule has 0 unspecified atom stereocenters. The Morgan fingerprint density at radius 3 is 1.51 bits per heavy atom. The Labute approximate surface area is 284 Å². The van der Waals surface area contributed by atoms with Crippen LogP contribution in [0.2, 0.25) is 0 Å². The summed E-state index contributed by atoms with van der Waals surface area (Å²) in [4.78, 5) is 0. The van der Waals surface area contributed by atoms with Crippen molar-refractivity contribution in [1.29, 1.82) is 0 Å². The van der Waals surface area contributed by atoms with E-state index in [-0.39, 0.29) is 0 Å². The highest BCUT2D eigenvalue weighted by molar-refractivity contribution is 6.27. The molecule has 49 heavy (non-hydrogen) atoms. The first-order chi connectivity index (χ1) is 24.3. The fraction of sp³-hybridized carbons (Fsp3) is 0. The molecule has 0 aliphatic heterocycles. The van der Waals surface area contributed by atoms with Crippen molar-refractivity contribution in [3.05, 3.63) is 182 Å². The van der Waals surface area contributed by atoms with E-state index in [1.807, 2.05) is 6.07 Å². The van der Waals surface area contributed by atoms with Gasteiger partial charge in [-0.25, -0.2) is 0 Å². The van der Waals surface area contributed by atoms with Crippen LogP contribution >= 0.6 is 0 Å². The molecule has 0 radical (unpaired) electrons. The van der Waals surface area contributed by atoms with Crippen molar-refractivity contribution < 1.29 is 4.42 Å². The van der Waals surface area contributed by atoms with Gasteiger partial charge in [-0.05, 0) is 83.4 Å². The molecular weight excluding hydrogens is 593 g/mol. The standard InChI is InChI=1S/C48H30O/c1-3-10-31(11-4-1)32-18-20-36(21-19-32)47-43-16-7-8-17-44(43)49-48(47)38-15-9-14-37(30-38)40-27-23-35-24-28-41-39(33-12-5-2-6-13-33)26-22-34-25-29-42(40)46(35)45(34)41/h1-30H. The van der Waals surface area contributed by atoms with E-state index in [0.717, 1.165) is 33.4 Å². The summed E-state index contributed by atoms with van der Waals surface area (Å²) in [6.07, 6.45) is 0. The molecule has 0 N–H and O–H groups in total. The minimum atomic E-state index is 0.890. The van der Waals surface area contributed by atoms with Crippen LogP contribution in [-0.4, -0.2) is 0 Å². The van der Waals surface area contributed by atoms with Gasteiger partial charge in [-0.1, -0.05) is 170 Å². The van der Waals surface area contributed by atoms with Crippen LogP contribution in [-0.2, 0) is 0 Å². The highest BCUT2D eigenvalue weighted by Gasteiger charge is 2.20. The maximum Gasteiger partial charge on any atom is 0.143 e. The second-order valence-electron chi connectivity index (χ2n) is 12.8. The summed E-state index contributed by atoms with van der Waals surface area (Å²) >= 11 is 0. The molecule has 10 rings (SSSR count). The average molecular weight is 623 g/mol. The summed E-state index contributed by atoms with van der Waals surface area (Å²) < 4.78 is 6.68. The number of benzene rings is 9.